The number of carboxylic acids is 1. The van der Waals surface area contributed by atoms with Crippen LogP contribution in [0.2, 0.25) is 0 Å². The maximum absolute atomic E-state index is 10.9. The van der Waals surface area contributed by atoms with Gasteiger partial charge in [0, 0.05) is 17.0 Å². The van der Waals surface area contributed by atoms with E-state index in [0.717, 1.165) is 27.7 Å². The molecule has 0 aliphatic carbocycles. The van der Waals surface area contributed by atoms with Crippen molar-refractivity contribution >= 4 is 16.9 Å². The monoisotopic (exact) mass is 429 g/mol. The van der Waals surface area contributed by atoms with Crippen LogP contribution in [-0.2, 0) is 18.0 Å². The molecule has 4 aromatic rings. The van der Waals surface area contributed by atoms with Gasteiger partial charge in [-0.2, -0.15) is 0 Å². The van der Waals surface area contributed by atoms with Crippen molar-refractivity contribution in [3.8, 4) is 17.2 Å². The summed E-state index contributed by atoms with van der Waals surface area (Å²) in [4.78, 5) is 15.5. The van der Waals surface area contributed by atoms with Gasteiger partial charge in [-0.1, -0.05) is 48.5 Å². The van der Waals surface area contributed by atoms with Crippen LogP contribution in [0.25, 0.3) is 10.9 Å². The summed E-state index contributed by atoms with van der Waals surface area (Å²) in [6, 6.07) is 24.9. The maximum atomic E-state index is 10.9. The largest absolute Gasteiger partial charge is 0.489 e. The second-order valence-electron chi connectivity index (χ2n) is 7.29. The van der Waals surface area contributed by atoms with Crippen LogP contribution < -0.4 is 14.2 Å². The lowest BCUT2D eigenvalue weighted by Crippen LogP contribution is -2.12. The van der Waals surface area contributed by atoms with E-state index in [4.69, 9.17) is 19.3 Å². The molecule has 0 saturated carbocycles. The van der Waals surface area contributed by atoms with Gasteiger partial charge in [-0.05, 0) is 36.8 Å². The topological polar surface area (TPSA) is 77.9 Å². The summed E-state index contributed by atoms with van der Waals surface area (Å²) < 4.78 is 17.3. The average Bonchev–Trinajstić information content (AvgIpc) is 2.81. The van der Waals surface area contributed by atoms with Gasteiger partial charge in [-0.3, -0.25) is 0 Å². The van der Waals surface area contributed by atoms with Crippen LogP contribution >= 0.6 is 0 Å². The highest BCUT2D eigenvalue weighted by atomic mass is 16.5. The molecule has 6 heteroatoms. The van der Waals surface area contributed by atoms with Gasteiger partial charge in [0.25, 0.3) is 0 Å². The molecule has 0 unspecified atom stereocenters. The number of carbonyl (C=O) groups is 1. The van der Waals surface area contributed by atoms with E-state index in [9.17, 15) is 4.79 Å². The molecule has 0 saturated heterocycles. The SMILES string of the molecule is Cc1cccc(COc2cccc(OCc3ccc4ccccc4n3)c2)c1OCC(=O)O. The number of fused-ring (bicyclic) bond motifs is 1. The molecular formula is C26H23NO5. The van der Waals surface area contributed by atoms with E-state index in [-0.39, 0.29) is 6.61 Å². The van der Waals surface area contributed by atoms with Crippen molar-refractivity contribution in [1.82, 2.24) is 4.98 Å². The molecule has 4 rings (SSSR count). The minimum atomic E-state index is -1.02. The van der Waals surface area contributed by atoms with Crippen LogP contribution in [-0.4, -0.2) is 22.7 Å². The molecule has 0 radical (unpaired) electrons. The second-order valence-corrected chi connectivity index (χ2v) is 7.29. The van der Waals surface area contributed by atoms with Gasteiger partial charge >= 0.3 is 5.97 Å². The Labute approximate surface area is 186 Å². The number of rotatable bonds is 9. The lowest BCUT2D eigenvalue weighted by Gasteiger charge is -2.14. The molecule has 3 aromatic carbocycles. The molecule has 0 amide bonds. The Hall–Kier alpha value is -4.06. The first-order valence-electron chi connectivity index (χ1n) is 10.2. The number of hydrogen-bond donors (Lipinski definition) is 1. The fraction of sp³-hybridized carbons (Fsp3) is 0.154. The minimum Gasteiger partial charge on any atom is -0.489 e. The third-order valence-electron chi connectivity index (χ3n) is 4.88. The zero-order chi connectivity index (χ0) is 22.3. The van der Waals surface area contributed by atoms with E-state index in [2.05, 4.69) is 4.98 Å². The molecule has 32 heavy (non-hydrogen) atoms. The minimum absolute atomic E-state index is 0.242. The third kappa shape index (κ3) is 5.35. The fourth-order valence-corrected chi connectivity index (χ4v) is 3.33. The quantitative estimate of drug-likeness (QED) is 0.396. The summed E-state index contributed by atoms with van der Waals surface area (Å²) in [5.74, 6) is 0.819. The van der Waals surface area contributed by atoms with Gasteiger partial charge in [0.2, 0.25) is 0 Å². The molecule has 6 nitrogen and oxygen atoms in total. The van der Waals surface area contributed by atoms with Crippen molar-refractivity contribution in [3.63, 3.8) is 0 Å². The predicted molar refractivity (Wildman–Crippen MR) is 121 cm³/mol. The van der Waals surface area contributed by atoms with Gasteiger partial charge in [-0.15, -0.1) is 0 Å². The number of nitrogens with zero attached hydrogens (tertiary/aromatic N) is 1. The molecule has 162 valence electrons. The Morgan fingerprint density at radius 2 is 1.59 bits per heavy atom. The Morgan fingerprint density at radius 1 is 0.844 bits per heavy atom. The Kier molecular flexibility index (Phi) is 6.51. The number of benzene rings is 3. The summed E-state index contributed by atoms with van der Waals surface area (Å²) in [5.41, 5.74) is 3.41. The molecule has 1 aromatic heterocycles. The Balaban J connectivity index is 1.40. The number of aryl methyl sites for hydroxylation is 1. The lowest BCUT2D eigenvalue weighted by atomic mass is 10.1. The molecule has 0 spiro atoms. The highest BCUT2D eigenvalue weighted by Gasteiger charge is 2.10. The summed E-state index contributed by atoms with van der Waals surface area (Å²) >= 11 is 0. The van der Waals surface area contributed by atoms with Gasteiger partial charge in [-0.25, -0.2) is 9.78 Å². The lowest BCUT2D eigenvalue weighted by molar-refractivity contribution is -0.139. The van der Waals surface area contributed by atoms with Crippen molar-refractivity contribution in [2.24, 2.45) is 0 Å². The van der Waals surface area contributed by atoms with Crippen LogP contribution in [0.1, 0.15) is 16.8 Å². The highest BCUT2D eigenvalue weighted by Crippen LogP contribution is 2.26. The number of carboxylic acid groups (broad SMARTS) is 1. The Morgan fingerprint density at radius 3 is 2.41 bits per heavy atom. The molecular weight excluding hydrogens is 406 g/mol. The normalized spacial score (nSPS) is 10.7. The van der Waals surface area contributed by atoms with Gasteiger partial charge in [0.05, 0.1) is 11.2 Å². The summed E-state index contributed by atoms with van der Waals surface area (Å²) in [5, 5.41) is 10.00. The Bertz CT molecular complexity index is 1240. The molecule has 0 fully saturated rings. The van der Waals surface area contributed by atoms with Gasteiger partial charge in [0.15, 0.2) is 6.61 Å². The van der Waals surface area contributed by atoms with Crippen LogP contribution in [0.4, 0.5) is 0 Å². The first-order valence-corrected chi connectivity index (χ1v) is 10.2. The van der Waals surface area contributed by atoms with E-state index >= 15 is 0 Å². The number of pyridine rings is 1. The first kappa shape index (κ1) is 21.2. The standard InChI is InChI=1S/C26H23NO5/c1-18-6-4-8-20(26(18)32-17-25(28)29)15-30-22-9-5-10-23(14-22)31-16-21-13-12-19-7-2-3-11-24(19)27-21/h2-14H,15-17H2,1H3,(H,28,29). The number of para-hydroxylation sites is 2. The number of hydrogen-bond acceptors (Lipinski definition) is 5. The summed E-state index contributed by atoms with van der Waals surface area (Å²) in [6.45, 7) is 2.06. The number of ether oxygens (including phenoxy) is 3. The van der Waals surface area contributed by atoms with Crippen LogP contribution in [0.5, 0.6) is 17.2 Å². The second kappa shape index (κ2) is 9.83. The molecule has 0 atom stereocenters. The average molecular weight is 429 g/mol. The van der Waals surface area contributed by atoms with E-state index in [1.165, 1.54) is 0 Å². The predicted octanol–water partition coefficient (Wildman–Crippen LogP) is 5.16. The van der Waals surface area contributed by atoms with Gasteiger partial charge in [0.1, 0.15) is 30.5 Å². The zero-order valence-corrected chi connectivity index (χ0v) is 17.7. The first-order chi connectivity index (χ1) is 15.6. The van der Waals surface area contributed by atoms with E-state index < -0.39 is 12.6 Å². The van der Waals surface area contributed by atoms with Gasteiger partial charge < -0.3 is 19.3 Å². The molecule has 1 heterocycles. The van der Waals surface area contributed by atoms with E-state index in [1.807, 2.05) is 85.8 Å². The van der Waals surface area contributed by atoms with Crippen molar-refractivity contribution in [3.05, 3.63) is 95.7 Å². The fourth-order valence-electron chi connectivity index (χ4n) is 3.33. The smallest absolute Gasteiger partial charge is 0.341 e. The van der Waals surface area contributed by atoms with Crippen molar-refractivity contribution in [2.45, 2.75) is 20.1 Å². The van der Waals surface area contributed by atoms with Crippen molar-refractivity contribution in [1.29, 1.82) is 0 Å². The number of aliphatic carboxylic acids is 1. The molecule has 1 N–H and O–H groups in total. The van der Waals surface area contributed by atoms with Crippen molar-refractivity contribution < 1.29 is 24.1 Å². The third-order valence-corrected chi connectivity index (χ3v) is 4.88. The van der Waals surface area contributed by atoms with Crippen molar-refractivity contribution in [2.75, 3.05) is 6.61 Å². The van der Waals surface area contributed by atoms with E-state index in [1.54, 1.807) is 0 Å². The molecule has 0 bridgehead atoms. The van der Waals surface area contributed by atoms with E-state index in [0.29, 0.717) is 23.9 Å². The molecule has 0 aliphatic heterocycles. The zero-order valence-electron chi connectivity index (χ0n) is 17.7. The molecule has 0 aliphatic rings. The van der Waals surface area contributed by atoms with Crippen LogP contribution in [0.3, 0.4) is 0 Å². The maximum Gasteiger partial charge on any atom is 0.341 e. The van der Waals surface area contributed by atoms with Crippen LogP contribution in [0, 0.1) is 6.92 Å². The summed E-state index contributed by atoms with van der Waals surface area (Å²) in [6.07, 6.45) is 0. The summed E-state index contributed by atoms with van der Waals surface area (Å²) in [7, 11) is 0. The highest BCUT2D eigenvalue weighted by molar-refractivity contribution is 5.78. The number of aromatic nitrogens is 1. The van der Waals surface area contributed by atoms with Crippen LogP contribution in [0.15, 0.2) is 78.9 Å².